The highest BCUT2D eigenvalue weighted by Crippen LogP contribution is 2.42. The van der Waals surface area contributed by atoms with Crippen molar-refractivity contribution >= 4 is 11.6 Å². The van der Waals surface area contributed by atoms with E-state index in [0.717, 1.165) is 30.1 Å². The van der Waals surface area contributed by atoms with Crippen LogP contribution in [0.4, 0.5) is 4.39 Å². The topological polar surface area (TPSA) is 56.3 Å². The van der Waals surface area contributed by atoms with Crippen molar-refractivity contribution in [1.82, 2.24) is 14.5 Å². The monoisotopic (exact) mass is 454 g/mol. The Hall–Kier alpha value is -2.83. The minimum absolute atomic E-state index is 0.290. The second kappa shape index (κ2) is 8.96. The molecule has 1 aromatic heterocycles. The van der Waals surface area contributed by atoms with Gasteiger partial charge in [-0.25, -0.2) is 9.37 Å². The summed E-state index contributed by atoms with van der Waals surface area (Å²) in [7, 11) is 0. The van der Waals surface area contributed by atoms with Gasteiger partial charge in [0.2, 0.25) is 5.88 Å². The van der Waals surface area contributed by atoms with Gasteiger partial charge < -0.3 is 15.4 Å². The minimum Gasteiger partial charge on any atom is -0.438 e. The van der Waals surface area contributed by atoms with E-state index >= 15 is 0 Å². The first kappa shape index (κ1) is 22.4. The highest BCUT2D eigenvalue weighted by molar-refractivity contribution is 6.30. The molecule has 32 heavy (non-hydrogen) atoms. The van der Waals surface area contributed by atoms with Gasteiger partial charge in [-0.05, 0) is 68.8 Å². The first-order chi connectivity index (χ1) is 15.3. The summed E-state index contributed by atoms with van der Waals surface area (Å²) in [6, 6.07) is 13.6. The van der Waals surface area contributed by atoms with Crippen LogP contribution in [0.25, 0.3) is 11.3 Å². The van der Waals surface area contributed by atoms with Crippen molar-refractivity contribution in [2.75, 3.05) is 13.1 Å². The number of allylic oxidation sites excluding steroid dienone is 1. The molecule has 5 nitrogen and oxygen atoms in total. The SMILES string of the molecule is CC/C=C(\CN)N1CCn2c(nc(-c3ccc(F)cc3)c2Oc2ccc(Cl)cc2)C1(C)C. The Balaban J connectivity index is 1.84. The fourth-order valence-electron chi connectivity index (χ4n) is 4.27. The molecule has 7 heteroatoms. The van der Waals surface area contributed by atoms with Gasteiger partial charge in [0.1, 0.15) is 23.1 Å². The van der Waals surface area contributed by atoms with E-state index in [4.69, 9.17) is 27.1 Å². The maximum Gasteiger partial charge on any atom is 0.228 e. The van der Waals surface area contributed by atoms with Gasteiger partial charge in [0.15, 0.2) is 0 Å². The summed E-state index contributed by atoms with van der Waals surface area (Å²) >= 11 is 6.04. The quantitative estimate of drug-likeness (QED) is 0.501. The van der Waals surface area contributed by atoms with E-state index in [2.05, 4.69) is 36.3 Å². The van der Waals surface area contributed by atoms with Gasteiger partial charge in [0.25, 0.3) is 0 Å². The van der Waals surface area contributed by atoms with Crippen LogP contribution >= 0.6 is 11.6 Å². The Morgan fingerprint density at radius 3 is 2.47 bits per heavy atom. The Labute approximate surface area is 193 Å². The zero-order valence-corrected chi connectivity index (χ0v) is 19.4. The van der Waals surface area contributed by atoms with Gasteiger partial charge in [0, 0.05) is 35.9 Å². The van der Waals surface area contributed by atoms with E-state index in [1.807, 2.05) is 12.1 Å². The average molecular weight is 455 g/mol. The van der Waals surface area contributed by atoms with Gasteiger partial charge in [-0.2, -0.15) is 0 Å². The zero-order chi connectivity index (χ0) is 22.9. The van der Waals surface area contributed by atoms with Gasteiger partial charge in [-0.3, -0.25) is 4.57 Å². The molecular formula is C25H28ClFN4O. The molecule has 3 aromatic rings. The number of rotatable bonds is 6. The standard InChI is InChI=1S/C25H28ClFN4O/c1-4-5-20(16-28)31-15-14-30-23(32-21-12-8-18(26)9-13-21)22(29-24(30)25(31,2)3)17-6-10-19(27)11-7-17/h5-13H,4,14-16,28H2,1-3H3/b20-5+. The van der Waals surface area contributed by atoms with Gasteiger partial charge in [0.05, 0.1) is 5.54 Å². The highest BCUT2D eigenvalue weighted by Gasteiger charge is 2.40. The number of ether oxygens (including phenoxy) is 1. The van der Waals surface area contributed by atoms with E-state index in [-0.39, 0.29) is 5.82 Å². The molecule has 0 saturated heterocycles. The molecule has 168 valence electrons. The zero-order valence-electron chi connectivity index (χ0n) is 18.6. The molecule has 0 unspecified atom stereocenters. The molecule has 0 aliphatic carbocycles. The lowest BCUT2D eigenvalue weighted by Crippen LogP contribution is -2.49. The van der Waals surface area contributed by atoms with Crippen LogP contribution in [0.5, 0.6) is 11.6 Å². The predicted molar refractivity (Wildman–Crippen MR) is 126 cm³/mol. The smallest absolute Gasteiger partial charge is 0.228 e. The molecule has 0 radical (unpaired) electrons. The molecule has 1 aliphatic rings. The summed E-state index contributed by atoms with van der Waals surface area (Å²) in [5.74, 6) is 1.88. The van der Waals surface area contributed by atoms with Crippen molar-refractivity contribution in [3.05, 3.63) is 77.0 Å². The summed E-state index contributed by atoms with van der Waals surface area (Å²) < 4.78 is 22.1. The molecule has 0 saturated carbocycles. The van der Waals surface area contributed by atoms with Crippen LogP contribution < -0.4 is 10.5 Å². The van der Waals surface area contributed by atoms with Crippen molar-refractivity contribution in [2.45, 2.75) is 39.3 Å². The molecule has 4 rings (SSSR count). The van der Waals surface area contributed by atoms with Crippen molar-refractivity contribution in [1.29, 1.82) is 0 Å². The summed E-state index contributed by atoms with van der Waals surface area (Å²) in [5.41, 5.74) is 8.25. The molecule has 0 amide bonds. The van der Waals surface area contributed by atoms with Crippen molar-refractivity contribution in [3.8, 4) is 22.9 Å². The summed E-state index contributed by atoms with van der Waals surface area (Å²) in [6.45, 7) is 8.33. The predicted octanol–water partition coefficient (Wildman–Crippen LogP) is 5.94. The number of imidazole rings is 1. The molecule has 2 N–H and O–H groups in total. The highest BCUT2D eigenvalue weighted by atomic mass is 35.5. The largest absolute Gasteiger partial charge is 0.438 e. The third-order valence-electron chi connectivity index (χ3n) is 5.83. The van der Waals surface area contributed by atoms with Gasteiger partial charge >= 0.3 is 0 Å². The van der Waals surface area contributed by atoms with Crippen molar-refractivity contribution in [3.63, 3.8) is 0 Å². The van der Waals surface area contributed by atoms with Crippen LogP contribution in [0.2, 0.25) is 5.02 Å². The lowest BCUT2D eigenvalue weighted by molar-refractivity contribution is 0.113. The lowest BCUT2D eigenvalue weighted by atomic mass is 9.97. The number of aromatic nitrogens is 2. The minimum atomic E-state index is -0.408. The van der Waals surface area contributed by atoms with E-state index in [1.165, 1.54) is 12.1 Å². The number of hydrogen-bond acceptors (Lipinski definition) is 4. The Morgan fingerprint density at radius 1 is 1.16 bits per heavy atom. The molecule has 2 heterocycles. The van der Waals surface area contributed by atoms with Crippen LogP contribution in [0.1, 0.15) is 33.0 Å². The maximum atomic E-state index is 13.6. The van der Waals surface area contributed by atoms with Crippen LogP contribution in [0.3, 0.4) is 0 Å². The molecule has 0 bridgehead atoms. The number of halogens is 2. The van der Waals surface area contributed by atoms with E-state index < -0.39 is 5.54 Å². The fraction of sp³-hybridized carbons (Fsp3) is 0.320. The number of hydrogen-bond donors (Lipinski definition) is 1. The maximum absolute atomic E-state index is 13.6. The summed E-state index contributed by atoms with van der Waals surface area (Å²) in [6.07, 6.45) is 3.09. The normalized spacial score (nSPS) is 15.6. The number of nitrogens with two attached hydrogens (primary N) is 1. The second-order valence-electron chi connectivity index (χ2n) is 8.32. The van der Waals surface area contributed by atoms with Crippen LogP contribution in [-0.4, -0.2) is 27.5 Å². The Morgan fingerprint density at radius 2 is 1.84 bits per heavy atom. The number of benzene rings is 2. The van der Waals surface area contributed by atoms with Crippen molar-refractivity contribution < 1.29 is 9.13 Å². The Kier molecular flexibility index (Phi) is 6.26. The molecule has 1 aliphatic heterocycles. The third-order valence-corrected chi connectivity index (χ3v) is 6.08. The van der Waals surface area contributed by atoms with E-state index in [9.17, 15) is 4.39 Å². The molecule has 0 atom stereocenters. The van der Waals surface area contributed by atoms with Crippen LogP contribution in [-0.2, 0) is 12.1 Å². The average Bonchev–Trinajstić information content (AvgIpc) is 3.14. The van der Waals surface area contributed by atoms with Gasteiger partial charge in [-0.1, -0.05) is 24.6 Å². The summed E-state index contributed by atoms with van der Waals surface area (Å²) in [5, 5.41) is 0.639. The van der Waals surface area contributed by atoms with E-state index in [0.29, 0.717) is 35.4 Å². The number of fused-ring (bicyclic) bond motifs is 1. The lowest BCUT2D eigenvalue weighted by Gasteiger charge is -2.45. The molecule has 0 fully saturated rings. The molecule has 2 aromatic carbocycles. The van der Waals surface area contributed by atoms with Crippen molar-refractivity contribution in [2.24, 2.45) is 5.73 Å². The number of nitrogens with zero attached hydrogens (tertiary/aromatic N) is 3. The first-order valence-electron chi connectivity index (χ1n) is 10.8. The summed E-state index contributed by atoms with van der Waals surface area (Å²) in [4.78, 5) is 7.34. The third kappa shape index (κ3) is 4.12. The molecular weight excluding hydrogens is 427 g/mol. The first-order valence-corrected chi connectivity index (χ1v) is 11.2. The van der Waals surface area contributed by atoms with Crippen LogP contribution in [0.15, 0.2) is 60.3 Å². The Bertz CT molecular complexity index is 1120. The van der Waals surface area contributed by atoms with E-state index in [1.54, 1.807) is 24.3 Å². The van der Waals surface area contributed by atoms with Gasteiger partial charge in [-0.15, -0.1) is 0 Å². The second-order valence-corrected chi connectivity index (χ2v) is 8.76. The fourth-order valence-corrected chi connectivity index (χ4v) is 4.39. The van der Waals surface area contributed by atoms with Crippen LogP contribution in [0, 0.1) is 5.82 Å². The molecule has 0 spiro atoms.